The highest BCUT2D eigenvalue weighted by Crippen LogP contribution is 2.43. The van der Waals surface area contributed by atoms with Crippen LogP contribution >= 0.6 is 0 Å². The van der Waals surface area contributed by atoms with Gasteiger partial charge in [-0.05, 0) is 68.7 Å². The van der Waals surface area contributed by atoms with E-state index in [1.807, 2.05) is 42.5 Å². The quantitative estimate of drug-likeness (QED) is 0.236. The predicted molar refractivity (Wildman–Crippen MR) is 153 cm³/mol. The molecule has 0 aliphatic rings. The van der Waals surface area contributed by atoms with E-state index in [-0.39, 0.29) is 5.48 Å². The summed E-state index contributed by atoms with van der Waals surface area (Å²) >= 11 is 0. The van der Waals surface area contributed by atoms with E-state index in [0.717, 1.165) is 43.8 Å². The summed E-state index contributed by atoms with van der Waals surface area (Å²) in [6, 6.07) is 45.8. The molecule has 0 radical (unpaired) electrons. The molecule has 0 bridgehead atoms. The summed E-state index contributed by atoms with van der Waals surface area (Å²) in [4.78, 5) is 0. The van der Waals surface area contributed by atoms with Gasteiger partial charge < -0.3 is 14.9 Å². The van der Waals surface area contributed by atoms with Crippen LogP contribution in [0.3, 0.4) is 0 Å². The highest BCUT2D eigenvalue weighted by atomic mass is 16.5. The van der Waals surface area contributed by atoms with Crippen molar-refractivity contribution in [3.05, 3.63) is 133 Å². The van der Waals surface area contributed by atoms with Gasteiger partial charge in [-0.1, -0.05) is 97.1 Å². The van der Waals surface area contributed by atoms with Crippen molar-refractivity contribution in [2.24, 2.45) is 0 Å². The second kappa shape index (κ2) is 9.30. The molecule has 0 saturated carbocycles. The zero-order valence-corrected chi connectivity index (χ0v) is 20.0. The first-order chi connectivity index (χ1) is 17.8. The van der Waals surface area contributed by atoms with Gasteiger partial charge in [0.25, 0.3) is 0 Å². The number of rotatable bonds is 4. The summed E-state index contributed by atoms with van der Waals surface area (Å²) in [6.07, 6.45) is 0. The third-order valence-electron chi connectivity index (χ3n) is 6.71. The Kier molecular flexibility index (Phi) is 5.68. The molecule has 0 heterocycles. The molecule has 0 aliphatic carbocycles. The lowest BCUT2D eigenvalue weighted by Crippen LogP contribution is -1.93. The Morgan fingerprint density at radius 1 is 0.351 bits per heavy atom. The molecule has 0 saturated heterocycles. The number of fused-ring (bicyclic) bond motifs is 4. The SMILES string of the molecule is O.c1ccc2cc(Oc3c(Oc4cccc5ccccc45)ccc4cc5ccccc5cc34)ccc2c1. The van der Waals surface area contributed by atoms with Gasteiger partial charge in [0, 0.05) is 10.8 Å². The largest absolute Gasteiger partial charge is 0.453 e. The van der Waals surface area contributed by atoms with Gasteiger partial charge in [-0.15, -0.1) is 0 Å². The molecule has 0 atom stereocenters. The van der Waals surface area contributed by atoms with E-state index in [9.17, 15) is 0 Å². The Morgan fingerprint density at radius 3 is 1.78 bits per heavy atom. The van der Waals surface area contributed by atoms with Crippen LogP contribution in [0.15, 0.2) is 133 Å². The third-order valence-corrected chi connectivity index (χ3v) is 6.71. The van der Waals surface area contributed by atoms with Gasteiger partial charge in [-0.2, -0.15) is 0 Å². The molecule has 7 aromatic carbocycles. The molecule has 7 rings (SSSR count). The summed E-state index contributed by atoms with van der Waals surface area (Å²) in [5.74, 6) is 2.97. The van der Waals surface area contributed by atoms with Crippen molar-refractivity contribution in [2.45, 2.75) is 0 Å². The minimum absolute atomic E-state index is 0. The van der Waals surface area contributed by atoms with Gasteiger partial charge >= 0.3 is 0 Å². The molecule has 7 aromatic rings. The van der Waals surface area contributed by atoms with Crippen molar-refractivity contribution < 1.29 is 14.9 Å². The molecule has 3 heteroatoms. The maximum atomic E-state index is 6.64. The third kappa shape index (κ3) is 4.12. The second-order valence-corrected chi connectivity index (χ2v) is 9.00. The molecule has 3 nitrogen and oxygen atoms in total. The van der Waals surface area contributed by atoms with E-state index >= 15 is 0 Å². The van der Waals surface area contributed by atoms with Crippen LogP contribution in [-0.4, -0.2) is 5.48 Å². The second-order valence-electron chi connectivity index (χ2n) is 9.00. The zero-order chi connectivity index (χ0) is 23.9. The summed E-state index contributed by atoms with van der Waals surface area (Å²) < 4.78 is 13.2. The van der Waals surface area contributed by atoms with Crippen molar-refractivity contribution in [1.29, 1.82) is 0 Å². The Bertz CT molecular complexity index is 1900. The van der Waals surface area contributed by atoms with Crippen molar-refractivity contribution in [1.82, 2.24) is 0 Å². The van der Waals surface area contributed by atoms with Crippen LogP contribution in [0.4, 0.5) is 0 Å². The normalized spacial score (nSPS) is 11.0. The van der Waals surface area contributed by atoms with Crippen molar-refractivity contribution in [2.75, 3.05) is 0 Å². The maximum absolute atomic E-state index is 6.64. The van der Waals surface area contributed by atoms with E-state index in [1.54, 1.807) is 0 Å². The summed E-state index contributed by atoms with van der Waals surface area (Å²) in [5.41, 5.74) is 0. The van der Waals surface area contributed by atoms with E-state index in [4.69, 9.17) is 9.47 Å². The molecule has 0 unspecified atom stereocenters. The first kappa shape index (κ1) is 22.6. The molecule has 0 fully saturated rings. The van der Waals surface area contributed by atoms with Gasteiger partial charge in [-0.25, -0.2) is 0 Å². The van der Waals surface area contributed by atoms with Crippen LogP contribution in [0.1, 0.15) is 0 Å². The number of hydrogen-bond acceptors (Lipinski definition) is 2. The van der Waals surface area contributed by atoms with Crippen LogP contribution < -0.4 is 9.47 Å². The fourth-order valence-corrected chi connectivity index (χ4v) is 4.90. The minimum Gasteiger partial charge on any atom is -0.453 e. The predicted octanol–water partition coefficient (Wildman–Crippen LogP) is 9.06. The van der Waals surface area contributed by atoms with Crippen LogP contribution in [0.5, 0.6) is 23.0 Å². The molecule has 0 aliphatic heterocycles. The first-order valence-corrected chi connectivity index (χ1v) is 12.1. The molecule has 2 N–H and O–H groups in total. The maximum Gasteiger partial charge on any atom is 0.177 e. The van der Waals surface area contributed by atoms with Gasteiger partial charge in [0.2, 0.25) is 0 Å². The highest BCUT2D eigenvalue weighted by Gasteiger charge is 2.15. The average molecular weight is 481 g/mol. The van der Waals surface area contributed by atoms with Crippen molar-refractivity contribution in [3.63, 3.8) is 0 Å². The Labute approximate surface area is 214 Å². The van der Waals surface area contributed by atoms with Crippen LogP contribution in [0.2, 0.25) is 0 Å². The number of ether oxygens (including phenoxy) is 2. The highest BCUT2D eigenvalue weighted by molar-refractivity contribution is 6.02. The van der Waals surface area contributed by atoms with Gasteiger partial charge in [-0.3, -0.25) is 0 Å². The lowest BCUT2D eigenvalue weighted by molar-refractivity contribution is 0.426. The Hall–Kier alpha value is -4.86. The molecule has 0 spiro atoms. The smallest absolute Gasteiger partial charge is 0.177 e. The van der Waals surface area contributed by atoms with Gasteiger partial charge in [0.15, 0.2) is 11.5 Å². The Balaban J connectivity index is 0.00000252. The molecule has 0 amide bonds. The molecule has 0 aromatic heterocycles. The number of hydrogen-bond donors (Lipinski definition) is 0. The topological polar surface area (TPSA) is 50.0 Å². The van der Waals surface area contributed by atoms with E-state index in [1.165, 1.54) is 10.8 Å². The summed E-state index contributed by atoms with van der Waals surface area (Å²) in [7, 11) is 0. The van der Waals surface area contributed by atoms with Gasteiger partial charge in [0.1, 0.15) is 11.5 Å². The van der Waals surface area contributed by atoms with E-state index in [0.29, 0.717) is 11.5 Å². The van der Waals surface area contributed by atoms with Crippen LogP contribution in [0, 0.1) is 0 Å². The van der Waals surface area contributed by atoms with Crippen molar-refractivity contribution in [3.8, 4) is 23.0 Å². The zero-order valence-electron chi connectivity index (χ0n) is 20.0. The standard InChI is InChI=1S/C34H22O2.H2O/c1-2-11-26-21-29(18-16-23(26)8-1)35-34-31-22-27-12-4-3-10-25(27)20-28(31)17-19-33(34)36-32-15-7-13-24-9-5-6-14-30(24)32;/h1-22H;1H2. The lowest BCUT2D eigenvalue weighted by Gasteiger charge is -2.17. The lowest BCUT2D eigenvalue weighted by atomic mass is 10.0. The van der Waals surface area contributed by atoms with Crippen molar-refractivity contribution >= 4 is 43.1 Å². The summed E-state index contributed by atoms with van der Waals surface area (Å²) in [6.45, 7) is 0. The fraction of sp³-hybridized carbons (Fsp3) is 0. The molecular weight excluding hydrogens is 456 g/mol. The monoisotopic (exact) mass is 480 g/mol. The average Bonchev–Trinajstić information content (AvgIpc) is 2.93. The summed E-state index contributed by atoms with van der Waals surface area (Å²) in [5, 5.41) is 9.00. The fourth-order valence-electron chi connectivity index (χ4n) is 4.90. The molecular formula is C34H24O3. The minimum atomic E-state index is 0. The molecule has 178 valence electrons. The van der Waals surface area contributed by atoms with Crippen LogP contribution in [-0.2, 0) is 0 Å². The van der Waals surface area contributed by atoms with E-state index < -0.39 is 0 Å². The first-order valence-electron chi connectivity index (χ1n) is 12.1. The Morgan fingerprint density at radius 2 is 0.973 bits per heavy atom. The van der Waals surface area contributed by atoms with Crippen LogP contribution in [0.25, 0.3) is 43.1 Å². The molecule has 37 heavy (non-hydrogen) atoms. The van der Waals surface area contributed by atoms with E-state index in [2.05, 4.69) is 91.0 Å². The van der Waals surface area contributed by atoms with Gasteiger partial charge in [0.05, 0.1) is 0 Å². The number of benzene rings is 7.